The zero-order valence-corrected chi connectivity index (χ0v) is 15.5. The topological polar surface area (TPSA) is 26.3 Å². The van der Waals surface area contributed by atoms with Gasteiger partial charge in [0, 0.05) is 6.08 Å². The number of carbonyl (C=O) groups is 1. The van der Waals surface area contributed by atoms with E-state index in [1.54, 1.807) is 19.1 Å². The molecule has 0 aliphatic heterocycles. The standard InChI is InChI=1S/C22H34O2/c1-3-5-6-7-8-9-10-11-12-13-14-15-16-17-18-19-20-21-22(23)24-4-2/h12-21H,3-11H2,1-2H3/b13-12?,15-14?,17-16?,19-18?,21-20-. The summed E-state index contributed by atoms with van der Waals surface area (Å²) in [4.78, 5) is 11.0. The third kappa shape index (κ3) is 18.2. The Kier molecular flexibility index (Phi) is 17.8. The van der Waals surface area contributed by atoms with Crippen molar-refractivity contribution < 1.29 is 9.53 Å². The molecule has 2 heteroatoms. The lowest BCUT2D eigenvalue weighted by Crippen LogP contribution is -1.98. The minimum atomic E-state index is -0.308. The largest absolute Gasteiger partial charge is 0.463 e. The van der Waals surface area contributed by atoms with E-state index in [4.69, 9.17) is 4.74 Å². The molecule has 0 bridgehead atoms. The molecule has 0 aromatic rings. The molecule has 0 aromatic heterocycles. The van der Waals surface area contributed by atoms with Crippen LogP contribution in [-0.2, 0) is 9.53 Å². The molecule has 0 fully saturated rings. The molecule has 24 heavy (non-hydrogen) atoms. The van der Waals surface area contributed by atoms with Crippen LogP contribution in [0.5, 0.6) is 0 Å². The lowest BCUT2D eigenvalue weighted by atomic mass is 10.1. The SMILES string of the molecule is CCCCCCCCCC=CC=CC=CC=C/C=C\C(=O)OCC. The van der Waals surface area contributed by atoms with E-state index in [2.05, 4.69) is 19.1 Å². The van der Waals surface area contributed by atoms with E-state index in [-0.39, 0.29) is 5.97 Å². The van der Waals surface area contributed by atoms with Crippen molar-refractivity contribution in [1.82, 2.24) is 0 Å². The van der Waals surface area contributed by atoms with Crippen LogP contribution in [0.4, 0.5) is 0 Å². The van der Waals surface area contributed by atoms with Gasteiger partial charge < -0.3 is 4.74 Å². The van der Waals surface area contributed by atoms with Gasteiger partial charge in [0.15, 0.2) is 0 Å². The number of hydrogen-bond donors (Lipinski definition) is 0. The molecular weight excluding hydrogens is 296 g/mol. The fraction of sp³-hybridized carbons (Fsp3) is 0.500. The highest BCUT2D eigenvalue weighted by atomic mass is 16.5. The van der Waals surface area contributed by atoms with Crippen molar-refractivity contribution in [3.05, 3.63) is 60.8 Å². The average molecular weight is 331 g/mol. The van der Waals surface area contributed by atoms with E-state index in [9.17, 15) is 4.79 Å². The normalized spacial score (nSPS) is 12.6. The molecule has 0 spiro atoms. The molecule has 0 rings (SSSR count). The van der Waals surface area contributed by atoms with Gasteiger partial charge in [-0.05, 0) is 19.8 Å². The van der Waals surface area contributed by atoms with Gasteiger partial charge in [-0.2, -0.15) is 0 Å². The maximum Gasteiger partial charge on any atom is 0.330 e. The van der Waals surface area contributed by atoms with Crippen LogP contribution in [0.25, 0.3) is 0 Å². The van der Waals surface area contributed by atoms with E-state index in [0.29, 0.717) is 6.61 Å². The van der Waals surface area contributed by atoms with Gasteiger partial charge in [-0.15, -0.1) is 0 Å². The Morgan fingerprint density at radius 2 is 1.25 bits per heavy atom. The summed E-state index contributed by atoms with van der Waals surface area (Å²) in [5.41, 5.74) is 0. The van der Waals surface area contributed by atoms with Crippen LogP contribution in [-0.4, -0.2) is 12.6 Å². The predicted octanol–water partition coefficient (Wildman–Crippen LogP) is 6.47. The summed E-state index contributed by atoms with van der Waals surface area (Å²) < 4.78 is 4.77. The number of ether oxygens (including phenoxy) is 1. The lowest BCUT2D eigenvalue weighted by molar-refractivity contribution is -0.137. The van der Waals surface area contributed by atoms with Crippen LogP contribution in [0.2, 0.25) is 0 Å². The fourth-order valence-corrected chi connectivity index (χ4v) is 2.10. The maximum absolute atomic E-state index is 11.0. The summed E-state index contributed by atoms with van der Waals surface area (Å²) in [7, 11) is 0. The van der Waals surface area contributed by atoms with Gasteiger partial charge in [0.05, 0.1) is 6.61 Å². The first-order chi connectivity index (χ1) is 11.8. The fourth-order valence-electron chi connectivity index (χ4n) is 2.10. The quantitative estimate of drug-likeness (QED) is 0.158. The number of carbonyl (C=O) groups excluding carboxylic acids is 1. The molecule has 0 unspecified atom stereocenters. The molecule has 2 nitrogen and oxygen atoms in total. The Morgan fingerprint density at radius 1 is 0.708 bits per heavy atom. The van der Waals surface area contributed by atoms with Crippen molar-refractivity contribution in [3.63, 3.8) is 0 Å². The average Bonchev–Trinajstić information content (AvgIpc) is 2.58. The molecular formula is C22H34O2. The van der Waals surface area contributed by atoms with Crippen molar-refractivity contribution >= 4 is 5.97 Å². The van der Waals surface area contributed by atoms with E-state index < -0.39 is 0 Å². The van der Waals surface area contributed by atoms with Gasteiger partial charge in [-0.3, -0.25) is 0 Å². The third-order valence-electron chi connectivity index (χ3n) is 3.41. The second kappa shape index (κ2) is 19.2. The molecule has 0 atom stereocenters. The Morgan fingerprint density at radius 3 is 1.88 bits per heavy atom. The summed E-state index contributed by atoms with van der Waals surface area (Å²) in [6.07, 6.45) is 29.7. The van der Waals surface area contributed by atoms with E-state index in [1.165, 1.54) is 57.4 Å². The highest BCUT2D eigenvalue weighted by molar-refractivity contribution is 5.82. The second-order valence-corrected chi connectivity index (χ2v) is 5.60. The zero-order chi connectivity index (χ0) is 17.7. The Balaban J connectivity index is 3.57. The molecule has 0 radical (unpaired) electrons. The van der Waals surface area contributed by atoms with Crippen LogP contribution in [0.3, 0.4) is 0 Å². The van der Waals surface area contributed by atoms with E-state index in [1.807, 2.05) is 30.4 Å². The van der Waals surface area contributed by atoms with Crippen LogP contribution in [0.15, 0.2) is 60.8 Å². The number of allylic oxidation sites excluding steroid dienone is 9. The Bertz CT molecular complexity index is 425. The Hall–Kier alpha value is -1.83. The molecule has 134 valence electrons. The van der Waals surface area contributed by atoms with Gasteiger partial charge in [-0.25, -0.2) is 4.79 Å². The first kappa shape index (κ1) is 22.2. The highest BCUT2D eigenvalue weighted by Gasteiger charge is 1.89. The zero-order valence-electron chi connectivity index (χ0n) is 15.5. The van der Waals surface area contributed by atoms with Crippen molar-refractivity contribution in [3.8, 4) is 0 Å². The third-order valence-corrected chi connectivity index (χ3v) is 3.41. The summed E-state index contributed by atoms with van der Waals surface area (Å²) in [5.74, 6) is -0.308. The predicted molar refractivity (Wildman–Crippen MR) is 105 cm³/mol. The van der Waals surface area contributed by atoms with Crippen LogP contribution in [0.1, 0.15) is 65.2 Å². The number of unbranched alkanes of at least 4 members (excludes halogenated alkanes) is 7. The Labute approximate surface area is 148 Å². The first-order valence-corrected chi connectivity index (χ1v) is 9.31. The number of esters is 1. The van der Waals surface area contributed by atoms with Gasteiger partial charge >= 0.3 is 5.97 Å². The molecule has 0 N–H and O–H groups in total. The van der Waals surface area contributed by atoms with Crippen molar-refractivity contribution in [2.24, 2.45) is 0 Å². The van der Waals surface area contributed by atoms with Crippen LogP contribution in [0, 0.1) is 0 Å². The summed E-state index contributed by atoms with van der Waals surface area (Å²) in [6.45, 7) is 4.46. The first-order valence-electron chi connectivity index (χ1n) is 9.31. The second-order valence-electron chi connectivity index (χ2n) is 5.60. The van der Waals surface area contributed by atoms with Gasteiger partial charge in [0.2, 0.25) is 0 Å². The molecule has 0 aromatic carbocycles. The van der Waals surface area contributed by atoms with Gasteiger partial charge in [-0.1, -0.05) is 100 Å². The van der Waals surface area contributed by atoms with E-state index in [0.717, 1.165) is 0 Å². The van der Waals surface area contributed by atoms with Gasteiger partial charge in [0.1, 0.15) is 0 Å². The lowest BCUT2D eigenvalue weighted by Gasteiger charge is -1.98. The van der Waals surface area contributed by atoms with E-state index >= 15 is 0 Å². The summed E-state index contributed by atoms with van der Waals surface area (Å²) in [5, 5.41) is 0. The number of hydrogen-bond acceptors (Lipinski definition) is 2. The van der Waals surface area contributed by atoms with Crippen molar-refractivity contribution in [2.45, 2.75) is 65.2 Å². The molecule has 0 aliphatic rings. The maximum atomic E-state index is 11.0. The summed E-state index contributed by atoms with van der Waals surface area (Å²) >= 11 is 0. The highest BCUT2D eigenvalue weighted by Crippen LogP contribution is 2.08. The minimum absolute atomic E-state index is 0.308. The monoisotopic (exact) mass is 330 g/mol. The smallest absolute Gasteiger partial charge is 0.330 e. The number of rotatable bonds is 14. The van der Waals surface area contributed by atoms with Crippen LogP contribution < -0.4 is 0 Å². The van der Waals surface area contributed by atoms with Crippen LogP contribution >= 0.6 is 0 Å². The molecule has 0 saturated carbocycles. The molecule has 0 amide bonds. The van der Waals surface area contributed by atoms with Crippen molar-refractivity contribution in [1.29, 1.82) is 0 Å². The van der Waals surface area contributed by atoms with Crippen molar-refractivity contribution in [2.75, 3.05) is 6.61 Å². The molecule has 0 heterocycles. The minimum Gasteiger partial charge on any atom is -0.463 e. The molecule has 0 aliphatic carbocycles. The summed E-state index contributed by atoms with van der Waals surface area (Å²) in [6, 6.07) is 0. The molecule has 0 saturated heterocycles. The van der Waals surface area contributed by atoms with Gasteiger partial charge in [0.25, 0.3) is 0 Å².